The molecule has 1 aliphatic rings. The maximum Gasteiger partial charge on any atom is 0.255 e. The molecule has 1 atom stereocenters. The number of nitrogens with zero attached hydrogens (tertiary/aromatic N) is 3. The first-order valence-electron chi connectivity index (χ1n) is 9.80. The second-order valence-corrected chi connectivity index (χ2v) is 7.48. The van der Waals surface area contributed by atoms with E-state index in [0.29, 0.717) is 23.7 Å². The number of aromatic nitrogens is 2. The normalized spacial score (nSPS) is 17.1. The summed E-state index contributed by atoms with van der Waals surface area (Å²) in [5, 5.41) is 7.51. The summed E-state index contributed by atoms with van der Waals surface area (Å²) < 4.78 is 6.80. The van der Waals surface area contributed by atoms with E-state index in [0.717, 1.165) is 38.0 Å². The van der Waals surface area contributed by atoms with Crippen LogP contribution in [0.25, 0.3) is 11.3 Å². The van der Waals surface area contributed by atoms with Crippen LogP contribution < -0.4 is 5.32 Å². The highest BCUT2D eigenvalue weighted by atomic mass is 16.3. The number of carbonyl (C=O) groups excluding carboxylic acids is 1. The van der Waals surface area contributed by atoms with Crippen LogP contribution in [0.1, 0.15) is 22.3 Å². The van der Waals surface area contributed by atoms with Gasteiger partial charge in [0.25, 0.3) is 5.91 Å². The van der Waals surface area contributed by atoms with Crippen molar-refractivity contribution < 1.29 is 9.21 Å². The van der Waals surface area contributed by atoms with Gasteiger partial charge in [-0.2, -0.15) is 5.10 Å². The summed E-state index contributed by atoms with van der Waals surface area (Å²) in [6.07, 6.45) is 7.16. The number of likely N-dealkylation sites (tertiary alicyclic amines) is 1. The van der Waals surface area contributed by atoms with Crippen molar-refractivity contribution in [2.24, 2.45) is 13.0 Å². The second kappa shape index (κ2) is 8.44. The summed E-state index contributed by atoms with van der Waals surface area (Å²) in [6, 6.07) is 12.4. The highest BCUT2D eigenvalue weighted by molar-refractivity contribution is 5.99. The summed E-state index contributed by atoms with van der Waals surface area (Å²) in [4.78, 5) is 15.2. The van der Waals surface area contributed by atoms with Crippen LogP contribution in [0.3, 0.4) is 0 Å². The van der Waals surface area contributed by atoms with E-state index in [1.165, 1.54) is 5.56 Å². The number of furan rings is 1. The van der Waals surface area contributed by atoms with Crippen LogP contribution in [0.4, 0.5) is 0 Å². The van der Waals surface area contributed by atoms with Crippen molar-refractivity contribution in [3.05, 3.63) is 66.2 Å². The molecule has 6 heteroatoms. The van der Waals surface area contributed by atoms with E-state index in [4.69, 9.17) is 4.42 Å². The number of hydrogen-bond donors (Lipinski definition) is 1. The minimum Gasteiger partial charge on any atom is -0.472 e. The number of benzene rings is 1. The first-order valence-corrected chi connectivity index (χ1v) is 9.80. The third-order valence-corrected chi connectivity index (χ3v) is 5.35. The van der Waals surface area contributed by atoms with E-state index in [2.05, 4.69) is 45.6 Å². The Labute approximate surface area is 165 Å². The highest BCUT2D eigenvalue weighted by Gasteiger charge is 2.24. The van der Waals surface area contributed by atoms with Gasteiger partial charge >= 0.3 is 0 Å². The molecular formula is C22H26N4O2. The lowest BCUT2D eigenvalue weighted by atomic mass is 10.1. The van der Waals surface area contributed by atoms with Gasteiger partial charge in [-0.05, 0) is 36.9 Å². The molecule has 3 heterocycles. The molecule has 6 nitrogen and oxygen atoms in total. The minimum absolute atomic E-state index is 0.0768. The Bertz CT molecular complexity index is 902. The van der Waals surface area contributed by atoms with Gasteiger partial charge in [0.05, 0.1) is 18.1 Å². The van der Waals surface area contributed by atoms with E-state index in [9.17, 15) is 4.79 Å². The fraction of sp³-hybridized carbons (Fsp3) is 0.364. The number of nitrogens with one attached hydrogen (secondary N) is 1. The molecule has 1 amide bonds. The molecule has 146 valence electrons. The summed E-state index contributed by atoms with van der Waals surface area (Å²) in [5.41, 5.74) is 3.44. The van der Waals surface area contributed by atoms with Crippen LogP contribution in [-0.2, 0) is 13.5 Å². The smallest absolute Gasteiger partial charge is 0.255 e. The van der Waals surface area contributed by atoms with Gasteiger partial charge in [0.1, 0.15) is 5.69 Å². The molecule has 1 N–H and O–H groups in total. The molecule has 1 aliphatic heterocycles. The van der Waals surface area contributed by atoms with E-state index in [1.807, 2.05) is 13.1 Å². The van der Waals surface area contributed by atoms with E-state index in [1.54, 1.807) is 23.4 Å². The number of carbonyl (C=O) groups is 1. The molecule has 4 rings (SSSR count). The first kappa shape index (κ1) is 18.5. The number of aryl methyl sites for hydroxylation is 1. The summed E-state index contributed by atoms with van der Waals surface area (Å²) in [7, 11) is 1.82. The molecule has 1 fully saturated rings. The van der Waals surface area contributed by atoms with Crippen LogP contribution in [0.2, 0.25) is 0 Å². The van der Waals surface area contributed by atoms with Gasteiger partial charge in [0, 0.05) is 38.4 Å². The van der Waals surface area contributed by atoms with Crippen LogP contribution in [0, 0.1) is 5.92 Å². The van der Waals surface area contributed by atoms with Crippen molar-refractivity contribution in [1.29, 1.82) is 0 Å². The van der Waals surface area contributed by atoms with E-state index >= 15 is 0 Å². The molecule has 0 saturated carbocycles. The number of rotatable bonds is 7. The Morgan fingerprint density at radius 2 is 2.14 bits per heavy atom. The Morgan fingerprint density at radius 1 is 1.29 bits per heavy atom. The number of amides is 1. The molecule has 0 spiro atoms. The summed E-state index contributed by atoms with van der Waals surface area (Å²) >= 11 is 0. The lowest BCUT2D eigenvalue weighted by Crippen LogP contribution is -2.31. The average molecular weight is 378 g/mol. The van der Waals surface area contributed by atoms with Crippen molar-refractivity contribution in [3.63, 3.8) is 0 Å². The third-order valence-electron chi connectivity index (χ3n) is 5.35. The Hall–Kier alpha value is -2.86. The SMILES string of the molecule is Cn1cc(C(=O)NCC2CCN(CCc3ccccc3)C2)c(-c2ccoc2)n1. The fourth-order valence-electron chi connectivity index (χ4n) is 3.81. The van der Waals surface area contributed by atoms with Gasteiger partial charge in [-0.15, -0.1) is 0 Å². The minimum atomic E-state index is -0.0768. The monoisotopic (exact) mass is 378 g/mol. The fourth-order valence-corrected chi connectivity index (χ4v) is 3.81. The quantitative estimate of drug-likeness (QED) is 0.687. The van der Waals surface area contributed by atoms with Crippen molar-refractivity contribution >= 4 is 5.91 Å². The zero-order valence-corrected chi connectivity index (χ0v) is 16.2. The van der Waals surface area contributed by atoms with Gasteiger partial charge in [-0.25, -0.2) is 0 Å². The summed E-state index contributed by atoms with van der Waals surface area (Å²) in [6.45, 7) is 3.90. The molecule has 1 unspecified atom stereocenters. The highest BCUT2D eigenvalue weighted by Crippen LogP contribution is 2.22. The van der Waals surface area contributed by atoms with E-state index in [-0.39, 0.29) is 5.91 Å². The average Bonchev–Trinajstić information content (AvgIpc) is 3.46. The molecule has 3 aromatic rings. The summed E-state index contributed by atoms with van der Waals surface area (Å²) in [5.74, 6) is 0.417. The Balaban J connectivity index is 1.28. The largest absolute Gasteiger partial charge is 0.472 e. The predicted octanol–water partition coefficient (Wildman–Crippen LogP) is 2.97. The molecule has 2 aromatic heterocycles. The lowest BCUT2D eigenvalue weighted by Gasteiger charge is -2.16. The maximum absolute atomic E-state index is 12.7. The maximum atomic E-state index is 12.7. The van der Waals surface area contributed by atoms with Crippen molar-refractivity contribution in [2.45, 2.75) is 12.8 Å². The molecule has 0 radical (unpaired) electrons. The van der Waals surface area contributed by atoms with Gasteiger partial charge in [-0.3, -0.25) is 9.48 Å². The van der Waals surface area contributed by atoms with Gasteiger partial charge < -0.3 is 14.6 Å². The Morgan fingerprint density at radius 3 is 2.93 bits per heavy atom. The second-order valence-electron chi connectivity index (χ2n) is 7.48. The zero-order chi connectivity index (χ0) is 19.3. The number of hydrogen-bond acceptors (Lipinski definition) is 4. The van der Waals surface area contributed by atoms with Crippen molar-refractivity contribution in [3.8, 4) is 11.3 Å². The lowest BCUT2D eigenvalue weighted by molar-refractivity contribution is 0.0948. The van der Waals surface area contributed by atoms with Crippen LogP contribution >= 0.6 is 0 Å². The van der Waals surface area contributed by atoms with Gasteiger partial charge in [0.15, 0.2) is 0 Å². The van der Waals surface area contributed by atoms with Crippen molar-refractivity contribution in [1.82, 2.24) is 20.0 Å². The van der Waals surface area contributed by atoms with Crippen LogP contribution in [0.5, 0.6) is 0 Å². The Kier molecular flexibility index (Phi) is 5.58. The van der Waals surface area contributed by atoms with Crippen molar-refractivity contribution in [2.75, 3.05) is 26.2 Å². The molecule has 0 bridgehead atoms. The zero-order valence-electron chi connectivity index (χ0n) is 16.2. The molecule has 28 heavy (non-hydrogen) atoms. The first-order chi connectivity index (χ1) is 13.7. The van der Waals surface area contributed by atoms with Crippen LogP contribution in [-0.4, -0.2) is 46.8 Å². The standard InChI is InChI=1S/C22H26N4O2/c1-25-15-20(21(24-25)19-9-12-28-16-19)22(27)23-13-18-8-11-26(14-18)10-7-17-5-3-2-4-6-17/h2-6,9,12,15-16,18H,7-8,10-11,13-14H2,1H3,(H,23,27). The van der Waals surface area contributed by atoms with Crippen LogP contribution in [0.15, 0.2) is 59.5 Å². The molecule has 1 saturated heterocycles. The predicted molar refractivity (Wildman–Crippen MR) is 108 cm³/mol. The molecule has 1 aromatic carbocycles. The third kappa shape index (κ3) is 4.34. The molecular weight excluding hydrogens is 352 g/mol. The van der Waals surface area contributed by atoms with Gasteiger partial charge in [0.2, 0.25) is 0 Å². The van der Waals surface area contributed by atoms with E-state index < -0.39 is 0 Å². The topological polar surface area (TPSA) is 63.3 Å². The van der Waals surface area contributed by atoms with Gasteiger partial charge in [-0.1, -0.05) is 30.3 Å². The molecule has 0 aliphatic carbocycles.